The van der Waals surface area contributed by atoms with Crippen LogP contribution in [0.4, 0.5) is 5.69 Å². The van der Waals surface area contributed by atoms with Gasteiger partial charge in [-0.3, -0.25) is 4.79 Å². The van der Waals surface area contributed by atoms with Gasteiger partial charge in [-0.2, -0.15) is 0 Å². The Hall–Kier alpha value is -2.45. The first-order valence-corrected chi connectivity index (χ1v) is 9.84. The summed E-state index contributed by atoms with van der Waals surface area (Å²) in [4.78, 5) is 23.8. The fourth-order valence-electron chi connectivity index (χ4n) is 3.19. The Balaban J connectivity index is 2.02. The van der Waals surface area contributed by atoms with Crippen molar-refractivity contribution in [1.82, 2.24) is 19.4 Å². The SMILES string of the molecule is CCc1nc2cc(N)cc(C(=O)N(C)Cc3nccs3)c2n1CCCOC. The molecule has 0 fully saturated rings. The topological polar surface area (TPSA) is 86.3 Å². The highest BCUT2D eigenvalue weighted by Crippen LogP contribution is 2.26. The molecule has 0 aliphatic rings. The number of nitrogens with two attached hydrogens (primary N) is 1. The van der Waals surface area contributed by atoms with E-state index >= 15 is 0 Å². The third-order valence-corrected chi connectivity index (χ3v) is 5.19. The fourth-order valence-corrected chi connectivity index (χ4v) is 3.86. The summed E-state index contributed by atoms with van der Waals surface area (Å²) in [6, 6.07) is 3.58. The number of rotatable bonds is 8. The highest BCUT2D eigenvalue weighted by Gasteiger charge is 2.21. The number of hydrogen-bond acceptors (Lipinski definition) is 6. The highest BCUT2D eigenvalue weighted by atomic mass is 32.1. The second-order valence-corrected chi connectivity index (χ2v) is 7.38. The van der Waals surface area contributed by atoms with Crippen LogP contribution in [0.2, 0.25) is 0 Å². The van der Waals surface area contributed by atoms with Gasteiger partial charge in [0.2, 0.25) is 0 Å². The van der Waals surface area contributed by atoms with E-state index in [1.807, 2.05) is 11.4 Å². The Morgan fingerprint density at radius 3 is 2.89 bits per heavy atom. The van der Waals surface area contributed by atoms with Gasteiger partial charge in [-0.25, -0.2) is 9.97 Å². The van der Waals surface area contributed by atoms with Gasteiger partial charge in [-0.05, 0) is 18.6 Å². The molecule has 3 aromatic rings. The zero-order chi connectivity index (χ0) is 19.4. The molecule has 0 radical (unpaired) electrons. The van der Waals surface area contributed by atoms with Crippen molar-refractivity contribution < 1.29 is 9.53 Å². The minimum atomic E-state index is -0.0851. The van der Waals surface area contributed by atoms with Crippen molar-refractivity contribution in [2.24, 2.45) is 0 Å². The Morgan fingerprint density at radius 1 is 1.41 bits per heavy atom. The third kappa shape index (κ3) is 4.12. The Bertz CT molecular complexity index is 920. The number of methoxy groups -OCH3 is 1. The summed E-state index contributed by atoms with van der Waals surface area (Å²) in [7, 11) is 3.47. The molecule has 3 rings (SSSR count). The second kappa shape index (κ2) is 8.49. The van der Waals surface area contributed by atoms with Gasteiger partial charge in [0.15, 0.2) is 0 Å². The molecule has 1 amide bonds. The largest absolute Gasteiger partial charge is 0.399 e. The lowest BCUT2D eigenvalue weighted by Gasteiger charge is -2.18. The molecule has 2 aromatic heterocycles. The smallest absolute Gasteiger partial charge is 0.256 e. The number of nitrogen functional groups attached to an aromatic ring is 1. The molecule has 0 saturated heterocycles. The van der Waals surface area contributed by atoms with Crippen LogP contribution in [0.25, 0.3) is 11.0 Å². The van der Waals surface area contributed by atoms with Crippen molar-refractivity contribution in [2.45, 2.75) is 32.9 Å². The van der Waals surface area contributed by atoms with Crippen molar-refractivity contribution in [3.05, 3.63) is 40.1 Å². The molecule has 0 unspecified atom stereocenters. The molecule has 0 saturated carbocycles. The molecule has 0 aliphatic carbocycles. The summed E-state index contributed by atoms with van der Waals surface area (Å²) in [6.07, 6.45) is 3.38. The minimum absolute atomic E-state index is 0.0851. The van der Waals surface area contributed by atoms with E-state index in [0.29, 0.717) is 24.4 Å². The zero-order valence-electron chi connectivity index (χ0n) is 15.9. The number of imidazole rings is 1. The molecule has 1 aromatic carbocycles. The molecule has 0 atom stereocenters. The van der Waals surface area contributed by atoms with Crippen LogP contribution in [0.3, 0.4) is 0 Å². The number of fused-ring (bicyclic) bond motifs is 1. The number of amides is 1. The van der Waals surface area contributed by atoms with Crippen LogP contribution in [0.15, 0.2) is 23.7 Å². The van der Waals surface area contributed by atoms with E-state index in [1.165, 1.54) is 11.3 Å². The number of hydrogen-bond donors (Lipinski definition) is 1. The van der Waals surface area contributed by atoms with E-state index in [1.54, 1.807) is 31.3 Å². The van der Waals surface area contributed by atoms with Crippen LogP contribution in [0.5, 0.6) is 0 Å². The van der Waals surface area contributed by atoms with Crippen LogP contribution in [-0.2, 0) is 24.2 Å². The lowest BCUT2D eigenvalue weighted by Crippen LogP contribution is -2.27. The molecule has 0 spiro atoms. The number of thiazole rings is 1. The van der Waals surface area contributed by atoms with Crippen molar-refractivity contribution >= 4 is 34.0 Å². The number of benzene rings is 1. The Morgan fingerprint density at radius 2 is 2.22 bits per heavy atom. The molecular weight excluding hydrogens is 362 g/mol. The Kier molecular flexibility index (Phi) is 6.08. The van der Waals surface area contributed by atoms with E-state index in [9.17, 15) is 4.79 Å². The summed E-state index contributed by atoms with van der Waals surface area (Å²) in [5.74, 6) is 0.862. The molecule has 0 bridgehead atoms. The number of anilines is 1. The number of carbonyl (C=O) groups excluding carboxylic acids is 1. The number of carbonyl (C=O) groups is 1. The highest BCUT2D eigenvalue weighted by molar-refractivity contribution is 7.09. The maximum absolute atomic E-state index is 13.2. The van der Waals surface area contributed by atoms with Gasteiger partial charge in [0.1, 0.15) is 10.8 Å². The molecule has 144 valence electrons. The summed E-state index contributed by atoms with van der Waals surface area (Å²) in [5.41, 5.74) is 8.79. The van der Waals surface area contributed by atoms with E-state index in [2.05, 4.69) is 16.5 Å². The van der Waals surface area contributed by atoms with Gasteiger partial charge in [-0.15, -0.1) is 11.3 Å². The molecule has 27 heavy (non-hydrogen) atoms. The molecule has 7 nitrogen and oxygen atoms in total. The van der Waals surface area contributed by atoms with Crippen LogP contribution in [-0.4, -0.2) is 46.1 Å². The van der Waals surface area contributed by atoms with E-state index in [-0.39, 0.29) is 5.91 Å². The van der Waals surface area contributed by atoms with Crippen molar-refractivity contribution in [1.29, 1.82) is 0 Å². The predicted molar refractivity (Wildman–Crippen MR) is 108 cm³/mol. The maximum atomic E-state index is 13.2. The number of ether oxygens (including phenoxy) is 1. The molecular formula is C19H25N5O2S. The number of nitrogens with zero attached hydrogens (tertiary/aromatic N) is 4. The van der Waals surface area contributed by atoms with Crippen LogP contribution >= 0.6 is 11.3 Å². The van der Waals surface area contributed by atoms with E-state index in [0.717, 1.165) is 41.3 Å². The summed E-state index contributed by atoms with van der Waals surface area (Å²) >= 11 is 1.53. The predicted octanol–water partition coefficient (Wildman–Crippen LogP) is 2.95. The fraction of sp³-hybridized carbons (Fsp3) is 0.421. The van der Waals surface area contributed by atoms with Gasteiger partial charge in [0.25, 0.3) is 5.91 Å². The van der Waals surface area contributed by atoms with Crippen LogP contribution in [0, 0.1) is 0 Å². The maximum Gasteiger partial charge on any atom is 0.256 e. The first-order chi connectivity index (χ1) is 13.0. The van der Waals surface area contributed by atoms with Crippen molar-refractivity contribution in [3.63, 3.8) is 0 Å². The second-order valence-electron chi connectivity index (χ2n) is 6.40. The van der Waals surface area contributed by atoms with Crippen molar-refractivity contribution in [2.75, 3.05) is 26.5 Å². The van der Waals surface area contributed by atoms with Crippen molar-refractivity contribution in [3.8, 4) is 0 Å². The number of aryl methyl sites for hydroxylation is 2. The van der Waals surface area contributed by atoms with E-state index in [4.69, 9.17) is 15.5 Å². The number of aromatic nitrogens is 3. The molecule has 8 heteroatoms. The minimum Gasteiger partial charge on any atom is -0.399 e. The van der Waals surface area contributed by atoms with Gasteiger partial charge in [0, 0.05) is 51.0 Å². The average Bonchev–Trinajstić information content (AvgIpc) is 3.28. The zero-order valence-corrected chi connectivity index (χ0v) is 16.8. The van der Waals surface area contributed by atoms with Gasteiger partial charge in [-0.1, -0.05) is 6.92 Å². The van der Waals surface area contributed by atoms with E-state index < -0.39 is 0 Å². The normalized spacial score (nSPS) is 11.2. The average molecular weight is 388 g/mol. The summed E-state index contributed by atoms with van der Waals surface area (Å²) < 4.78 is 7.31. The molecule has 2 N–H and O–H groups in total. The molecule has 0 aliphatic heterocycles. The van der Waals surface area contributed by atoms with Gasteiger partial charge < -0.3 is 19.9 Å². The van der Waals surface area contributed by atoms with Crippen LogP contribution in [0.1, 0.15) is 34.5 Å². The lowest BCUT2D eigenvalue weighted by molar-refractivity contribution is 0.0786. The quantitative estimate of drug-likeness (QED) is 0.474. The standard InChI is InChI=1S/C19H25N5O2S/c1-4-16-22-15-11-13(20)10-14(18(15)24(16)7-5-8-26-3)19(25)23(2)12-17-21-6-9-27-17/h6,9-11H,4-5,7-8,12,20H2,1-3H3. The summed E-state index contributed by atoms with van der Waals surface area (Å²) in [6.45, 7) is 3.93. The summed E-state index contributed by atoms with van der Waals surface area (Å²) in [5, 5.41) is 2.80. The van der Waals surface area contributed by atoms with Crippen LogP contribution < -0.4 is 5.73 Å². The first-order valence-electron chi connectivity index (χ1n) is 8.96. The van der Waals surface area contributed by atoms with Gasteiger partial charge >= 0.3 is 0 Å². The monoisotopic (exact) mass is 387 g/mol. The lowest BCUT2D eigenvalue weighted by atomic mass is 10.1. The molecule has 2 heterocycles. The Labute approximate surface area is 162 Å². The third-order valence-electron chi connectivity index (χ3n) is 4.42. The van der Waals surface area contributed by atoms with Gasteiger partial charge in [0.05, 0.1) is 23.1 Å². The first kappa shape index (κ1) is 19.3.